The van der Waals surface area contributed by atoms with Crippen molar-refractivity contribution < 1.29 is 18.7 Å². The predicted octanol–water partition coefficient (Wildman–Crippen LogP) is 6.58. The van der Waals surface area contributed by atoms with Gasteiger partial charge in [0.05, 0.1) is 32.1 Å². The largest absolute Gasteiger partial charge is 0.493 e. The number of furan rings is 1. The van der Waals surface area contributed by atoms with Gasteiger partial charge in [-0.25, -0.2) is 4.99 Å². The van der Waals surface area contributed by atoms with E-state index in [2.05, 4.69) is 26.1 Å². The van der Waals surface area contributed by atoms with Crippen LogP contribution in [0.4, 0.5) is 5.00 Å². The number of hydrogen-bond acceptors (Lipinski definition) is 6. The van der Waals surface area contributed by atoms with E-state index in [1.165, 1.54) is 4.88 Å². The number of rotatable bonds is 8. The number of aliphatic imine (C=N–C) groups is 1. The third-order valence-electron chi connectivity index (χ3n) is 6.52. The Morgan fingerprint density at radius 3 is 2.80 bits per heavy atom. The van der Waals surface area contributed by atoms with Gasteiger partial charge < -0.3 is 19.2 Å². The van der Waals surface area contributed by atoms with Crippen LogP contribution in [-0.4, -0.2) is 25.8 Å². The number of methoxy groups -OCH3 is 1. The molecule has 2 heterocycles. The molecular weight excluding hydrogens is 460 g/mol. The van der Waals surface area contributed by atoms with Crippen LogP contribution in [0.15, 0.2) is 46.0 Å². The van der Waals surface area contributed by atoms with Crippen LogP contribution in [0.25, 0.3) is 0 Å². The number of carbonyl (C=O) groups excluding carboxylic acids is 1. The molecular formula is C28H34N2O4S. The summed E-state index contributed by atoms with van der Waals surface area (Å²) in [7, 11) is 1.62. The zero-order valence-electron chi connectivity index (χ0n) is 21.1. The van der Waals surface area contributed by atoms with E-state index in [4.69, 9.17) is 18.9 Å². The van der Waals surface area contributed by atoms with Crippen LogP contribution in [0.1, 0.15) is 66.2 Å². The Morgan fingerprint density at radius 2 is 2.11 bits per heavy atom. The minimum absolute atomic E-state index is 0.107. The van der Waals surface area contributed by atoms with Gasteiger partial charge >= 0.3 is 0 Å². The van der Waals surface area contributed by atoms with Gasteiger partial charge in [-0.05, 0) is 79.0 Å². The molecule has 0 unspecified atom stereocenters. The van der Waals surface area contributed by atoms with Crippen molar-refractivity contribution in [1.82, 2.24) is 5.32 Å². The molecule has 1 N–H and O–H groups in total. The average molecular weight is 495 g/mol. The summed E-state index contributed by atoms with van der Waals surface area (Å²) in [5.41, 5.74) is 2.94. The Hall–Kier alpha value is -3.06. The van der Waals surface area contributed by atoms with Crippen molar-refractivity contribution in [2.75, 3.05) is 13.7 Å². The second-order valence-electron chi connectivity index (χ2n) is 9.85. The molecule has 1 atom stereocenters. The summed E-state index contributed by atoms with van der Waals surface area (Å²) in [5.74, 6) is 2.56. The fraction of sp³-hybridized carbons (Fsp3) is 0.429. The van der Waals surface area contributed by atoms with Crippen LogP contribution in [0.5, 0.6) is 11.5 Å². The van der Waals surface area contributed by atoms with Gasteiger partial charge in [0.1, 0.15) is 10.8 Å². The third kappa shape index (κ3) is 5.78. The zero-order valence-corrected chi connectivity index (χ0v) is 22.0. The van der Waals surface area contributed by atoms with Crippen LogP contribution in [0.2, 0.25) is 0 Å². The van der Waals surface area contributed by atoms with Crippen LogP contribution in [0, 0.1) is 11.3 Å². The second kappa shape index (κ2) is 10.7. The number of thiophene rings is 1. The maximum absolute atomic E-state index is 13.3. The number of fused-ring (bicyclic) bond motifs is 1. The molecule has 0 spiro atoms. The topological polar surface area (TPSA) is 73.1 Å². The lowest BCUT2D eigenvalue weighted by atomic mass is 9.72. The Bertz CT molecular complexity index is 1190. The van der Waals surface area contributed by atoms with Crippen LogP contribution < -0.4 is 14.8 Å². The molecule has 7 heteroatoms. The molecule has 0 saturated heterocycles. The molecule has 0 bridgehead atoms. The highest BCUT2D eigenvalue weighted by atomic mass is 32.1. The SMILES string of the molecule is CCOc1ccc(C=Nc2sc3c(c2C(=O)NCc2ccco2)CC[C@@H](C(C)(C)C)C3)cc1OC. The van der Waals surface area contributed by atoms with Crippen molar-refractivity contribution in [3.63, 3.8) is 0 Å². The van der Waals surface area contributed by atoms with Crippen LogP contribution >= 0.6 is 11.3 Å². The maximum atomic E-state index is 13.3. The highest BCUT2D eigenvalue weighted by molar-refractivity contribution is 7.16. The molecule has 35 heavy (non-hydrogen) atoms. The number of nitrogens with one attached hydrogen (secondary N) is 1. The fourth-order valence-electron chi connectivity index (χ4n) is 4.48. The minimum atomic E-state index is -0.107. The molecule has 2 aromatic heterocycles. The lowest BCUT2D eigenvalue weighted by molar-refractivity contribution is 0.0947. The smallest absolute Gasteiger partial charge is 0.255 e. The van der Waals surface area contributed by atoms with Crippen LogP contribution in [-0.2, 0) is 19.4 Å². The van der Waals surface area contributed by atoms with Gasteiger partial charge in [0.15, 0.2) is 11.5 Å². The van der Waals surface area contributed by atoms with E-state index in [9.17, 15) is 4.79 Å². The maximum Gasteiger partial charge on any atom is 0.255 e. The average Bonchev–Trinajstić information content (AvgIpc) is 3.48. The highest BCUT2D eigenvalue weighted by Gasteiger charge is 2.33. The number of hydrogen-bond donors (Lipinski definition) is 1. The van der Waals surface area contributed by atoms with Crippen molar-refractivity contribution >= 4 is 28.5 Å². The summed E-state index contributed by atoms with van der Waals surface area (Å²) in [5, 5.41) is 3.77. The van der Waals surface area contributed by atoms with E-state index in [0.29, 0.717) is 36.1 Å². The summed E-state index contributed by atoms with van der Waals surface area (Å²) in [4.78, 5) is 19.4. The first-order valence-electron chi connectivity index (χ1n) is 12.1. The van der Waals surface area contributed by atoms with Crippen molar-refractivity contribution in [1.29, 1.82) is 0 Å². The van der Waals surface area contributed by atoms with E-state index in [1.807, 2.05) is 37.3 Å². The lowest BCUT2D eigenvalue weighted by Gasteiger charge is -2.33. The van der Waals surface area contributed by atoms with Gasteiger partial charge in [-0.1, -0.05) is 20.8 Å². The zero-order chi connectivity index (χ0) is 25.0. The Morgan fingerprint density at radius 1 is 1.29 bits per heavy atom. The molecule has 1 aromatic carbocycles. The molecule has 6 nitrogen and oxygen atoms in total. The van der Waals surface area contributed by atoms with Crippen molar-refractivity contribution in [2.45, 2.75) is 53.5 Å². The van der Waals surface area contributed by atoms with Gasteiger partial charge in [-0.15, -0.1) is 11.3 Å². The molecule has 186 valence electrons. The van der Waals surface area contributed by atoms with Crippen molar-refractivity contribution in [3.05, 3.63) is 63.9 Å². The van der Waals surface area contributed by atoms with Gasteiger partial charge in [0.25, 0.3) is 5.91 Å². The fourth-order valence-corrected chi connectivity index (χ4v) is 5.75. The normalized spacial score (nSPS) is 15.7. The number of nitrogens with zero attached hydrogens (tertiary/aromatic N) is 1. The first-order valence-corrected chi connectivity index (χ1v) is 12.9. The molecule has 3 aromatic rings. The van der Waals surface area contributed by atoms with Gasteiger partial charge in [0, 0.05) is 11.1 Å². The van der Waals surface area contributed by atoms with Gasteiger partial charge in [-0.2, -0.15) is 0 Å². The third-order valence-corrected chi connectivity index (χ3v) is 7.68. The second-order valence-corrected chi connectivity index (χ2v) is 10.9. The molecule has 1 aliphatic rings. The number of ether oxygens (including phenoxy) is 2. The van der Waals surface area contributed by atoms with Gasteiger partial charge in [0.2, 0.25) is 0 Å². The highest BCUT2D eigenvalue weighted by Crippen LogP contribution is 2.45. The van der Waals surface area contributed by atoms with E-state index >= 15 is 0 Å². The quantitative estimate of drug-likeness (QED) is 0.359. The predicted molar refractivity (Wildman–Crippen MR) is 141 cm³/mol. The molecule has 0 aliphatic heterocycles. The number of amides is 1. The lowest BCUT2D eigenvalue weighted by Crippen LogP contribution is -2.28. The molecule has 0 radical (unpaired) electrons. The Balaban J connectivity index is 1.65. The summed E-state index contributed by atoms with van der Waals surface area (Å²) in [6.45, 7) is 9.75. The summed E-state index contributed by atoms with van der Waals surface area (Å²) in [6, 6.07) is 9.40. The Kier molecular flexibility index (Phi) is 7.65. The van der Waals surface area contributed by atoms with E-state index < -0.39 is 0 Å². The molecule has 1 amide bonds. The molecule has 1 aliphatic carbocycles. The van der Waals surface area contributed by atoms with E-state index in [1.54, 1.807) is 30.9 Å². The summed E-state index contributed by atoms with van der Waals surface area (Å²) >= 11 is 1.64. The van der Waals surface area contributed by atoms with Crippen molar-refractivity contribution in [3.8, 4) is 11.5 Å². The Labute approximate surface area is 211 Å². The molecule has 0 saturated carbocycles. The summed E-state index contributed by atoms with van der Waals surface area (Å²) < 4.78 is 16.5. The van der Waals surface area contributed by atoms with Crippen LogP contribution in [0.3, 0.4) is 0 Å². The minimum Gasteiger partial charge on any atom is -0.493 e. The molecule has 4 rings (SSSR count). The van der Waals surface area contributed by atoms with Gasteiger partial charge in [-0.3, -0.25) is 4.79 Å². The standard InChI is InChI=1S/C28H34N2O4S/c1-6-33-22-12-9-18(14-23(22)32-5)16-30-27-25(26(31)29-17-20-8-7-13-34-20)21-11-10-19(28(2,3)4)15-24(21)35-27/h7-9,12-14,16,19H,6,10-11,15,17H2,1-5H3,(H,29,31)/t19-/m1/s1. The number of benzene rings is 1. The molecule has 0 fully saturated rings. The van der Waals surface area contributed by atoms with Crippen molar-refractivity contribution in [2.24, 2.45) is 16.3 Å². The number of carbonyl (C=O) groups is 1. The van der Waals surface area contributed by atoms with E-state index in [0.717, 1.165) is 41.2 Å². The summed E-state index contributed by atoms with van der Waals surface area (Å²) in [6.07, 6.45) is 6.35. The van der Waals surface area contributed by atoms with E-state index in [-0.39, 0.29) is 11.3 Å². The first kappa shape index (κ1) is 25.0. The monoisotopic (exact) mass is 494 g/mol. The first-order chi connectivity index (χ1) is 16.8.